The van der Waals surface area contributed by atoms with Crippen molar-refractivity contribution in [3.63, 3.8) is 0 Å². The fraction of sp³-hybridized carbons (Fsp3) is 0.400. The van der Waals surface area contributed by atoms with Crippen LogP contribution in [-0.2, 0) is 13.2 Å². The molecular weight excluding hydrogens is 439 g/mol. The Hall–Kier alpha value is -1.83. The van der Waals surface area contributed by atoms with Gasteiger partial charge in [-0.3, -0.25) is 0 Å². The van der Waals surface area contributed by atoms with Gasteiger partial charge in [0.05, 0.1) is 6.54 Å². The third kappa shape index (κ3) is 5.86. The average molecular weight is 466 g/mol. The van der Waals surface area contributed by atoms with Gasteiger partial charge in [-0.2, -0.15) is 0 Å². The maximum absolute atomic E-state index is 5.93. The lowest BCUT2D eigenvalue weighted by Crippen LogP contribution is -2.39. The predicted octanol–water partition coefficient (Wildman–Crippen LogP) is 3.84. The van der Waals surface area contributed by atoms with Crippen molar-refractivity contribution in [2.45, 2.75) is 32.9 Å². The molecule has 1 aromatic heterocycles. The van der Waals surface area contributed by atoms with Crippen LogP contribution in [0.25, 0.3) is 0 Å². The van der Waals surface area contributed by atoms with E-state index in [1.165, 1.54) is 12.8 Å². The van der Waals surface area contributed by atoms with Crippen molar-refractivity contribution in [2.75, 3.05) is 19.6 Å². The summed E-state index contributed by atoms with van der Waals surface area (Å²) in [5.74, 6) is 1.64. The summed E-state index contributed by atoms with van der Waals surface area (Å²) in [5.41, 5.74) is 2.14. The molecule has 0 amide bonds. The number of halogens is 1. The van der Waals surface area contributed by atoms with Gasteiger partial charge in [0.1, 0.15) is 6.61 Å². The minimum atomic E-state index is 0. The second-order valence-electron chi connectivity index (χ2n) is 6.11. The molecule has 0 bridgehead atoms. The topological polar surface area (TPSA) is 49.8 Å². The van der Waals surface area contributed by atoms with E-state index >= 15 is 0 Å². The first kappa shape index (κ1) is 20.5. The molecule has 1 aromatic carbocycles. The van der Waals surface area contributed by atoms with Crippen molar-refractivity contribution in [3.8, 4) is 5.88 Å². The molecule has 2 aromatic rings. The van der Waals surface area contributed by atoms with E-state index in [1.807, 2.05) is 30.3 Å². The van der Waals surface area contributed by atoms with E-state index in [-0.39, 0.29) is 24.0 Å². The number of rotatable bonds is 6. The Kier molecular flexibility index (Phi) is 8.67. The molecule has 0 saturated carbocycles. The van der Waals surface area contributed by atoms with Gasteiger partial charge in [0.15, 0.2) is 5.96 Å². The number of pyridine rings is 1. The number of nitrogens with zero attached hydrogens (tertiary/aromatic N) is 3. The summed E-state index contributed by atoms with van der Waals surface area (Å²) in [6.07, 6.45) is 4.24. The van der Waals surface area contributed by atoms with Crippen LogP contribution in [0.4, 0.5) is 0 Å². The first-order chi connectivity index (χ1) is 12.4. The minimum absolute atomic E-state index is 0. The lowest BCUT2D eigenvalue weighted by Gasteiger charge is -2.20. The van der Waals surface area contributed by atoms with Crippen LogP contribution in [0.1, 0.15) is 30.9 Å². The molecule has 140 valence electrons. The van der Waals surface area contributed by atoms with Gasteiger partial charge in [-0.25, -0.2) is 9.98 Å². The van der Waals surface area contributed by atoms with Gasteiger partial charge in [-0.15, -0.1) is 24.0 Å². The SMILES string of the molecule is CCNC(=NCc1cccnc1OCc1ccccc1)N1CCCC1.I. The molecule has 1 saturated heterocycles. The number of hydrogen-bond acceptors (Lipinski definition) is 3. The van der Waals surface area contributed by atoms with Gasteiger partial charge in [0.2, 0.25) is 5.88 Å². The molecule has 6 heteroatoms. The highest BCUT2D eigenvalue weighted by atomic mass is 127. The zero-order valence-corrected chi connectivity index (χ0v) is 17.6. The summed E-state index contributed by atoms with van der Waals surface area (Å²) < 4.78 is 5.93. The summed E-state index contributed by atoms with van der Waals surface area (Å²) in [6.45, 7) is 6.22. The van der Waals surface area contributed by atoms with Crippen LogP contribution in [0.15, 0.2) is 53.7 Å². The molecule has 26 heavy (non-hydrogen) atoms. The van der Waals surface area contributed by atoms with E-state index in [2.05, 4.69) is 34.3 Å². The summed E-state index contributed by atoms with van der Waals surface area (Å²) >= 11 is 0. The van der Waals surface area contributed by atoms with E-state index in [4.69, 9.17) is 9.73 Å². The van der Waals surface area contributed by atoms with Gasteiger partial charge in [-0.05, 0) is 31.4 Å². The summed E-state index contributed by atoms with van der Waals surface area (Å²) in [6, 6.07) is 14.1. The molecule has 1 aliphatic rings. The van der Waals surface area contributed by atoms with Crippen molar-refractivity contribution in [3.05, 3.63) is 59.8 Å². The maximum atomic E-state index is 5.93. The van der Waals surface area contributed by atoms with Crippen LogP contribution < -0.4 is 10.1 Å². The molecule has 0 aliphatic carbocycles. The first-order valence-electron chi connectivity index (χ1n) is 9.00. The zero-order valence-electron chi connectivity index (χ0n) is 15.2. The number of nitrogens with one attached hydrogen (secondary N) is 1. The van der Waals surface area contributed by atoms with Crippen LogP contribution >= 0.6 is 24.0 Å². The Balaban J connectivity index is 0.00000243. The lowest BCUT2D eigenvalue weighted by atomic mass is 10.2. The largest absolute Gasteiger partial charge is 0.473 e. The summed E-state index contributed by atoms with van der Waals surface area (Å²) in [5, 5.41) is 3.39. The normalized spacial score (nSPS) is 14.0. The quantitative estimate of drug-likeness (QED) is 0.400. The van der Waals surface area contributed by atoms with Crippen LogP contribution in [0.5, 0.6) is 5.88 Å². The third-order valence-corrected chi connectivity index (χ3v) is 4.21. The Morgan fingerprint density at radius 1 is 1.15 bits per heavy atom. The van der Waals surface area contributed by atoms with E-state index < -0.39 is 0 Å². The van der Waals surface area contributed by atoms with Crippen LogP contribution in [0.3, 0.4) is 0 Å². The van der Waals surface area contributed by atoms with E-state index in [1.54, 1.807) is 6.20 Å². The standard InChI is InChI=1S/C20H26N4O.HI/c1-2-21-20(24-13-6-7-14-24)23-15-18-11-8-12-22-19(18)25-16-17-9-4-3-5-10-17;/h3-5,8-12H,2,6-7,13-16H2,1H3,(H,21,23);1H. The maximum Gasteiger partial charge on any atom is 0.218 e. The Labute approximate surface area is 172 Å². The monoisotopic (exact) mass is 466 g/mol. The van der Waals surface area contributed by atoms with E-state index in [0.29, 0.717) is 19.0 Å². The fourth-order valence-electron chi connectivity index (χ4n) is 2.92. The first-order valence-corrected chi connectivity index (χ1v) is 9.00. The van der Waals surface area contributed by atoms with Crippen molar-refractivity contribution in [2.24, 2.45) is 4.99 Å². The number of aromatic nitrogens is 1. The van der Waals surface area contributed by atoms with E-state index in [0.717, 1.165) is 36.7 Å². The average Bonchev–Trinajstić information content (AvgIpc) is 3.19. The van der Waals surface area contributed by atoms with Crippen molar-refractivity contribution in [1.82, 2.24) is 15.2 Å². The highest BCUT2D eigenvalue weighted by Gasteiger charge is 2.15. The molecule has 3 rings (SSSR count). The van der Waals surface area contributed by atoms with E-state index in [9.17, 15) is 0 Å². The third-order valence-electron chi connectivity index (χ3n) is 4.21. The summed E-state index contributed by atoms with van der Waals surface area (Å²) in [4.78, 5) is 11.5. The van der Waals surface area contributed by atoms with Crippen LogP contribution in [-0.4, -0.2) is 35.5 Å². The molecule has 1 fully saturated rings. The van der Waals surface area contributed by atoms with Crippen molar-refractivity contribution >= 4 is 29.9 Å². The molecular formula is C20H27IN4O. The van der Waals surface area contributed by atoms with Crippen LogP contribution in [0, 0.1) is 0 Å². The molecule has 0 radical (unpaired) electrons. The number of benzene rings is 1. The second kappa shape index (κ2) is 11.0. The summed E-state index contributed by atoms with van der Waals surface area (Å²) in [7, 11) is 0. The van der Waals surface area contributed by atoms with Crippen molar-refractivity contribution < 1.29 is 4.74 Å². The molecule has 0 unspecified atom stereocenters. The van der Waals surface area contributed by atoms with Gasteiger partial charge in [0.25, 0.3) is 0 Å². The molecule has 2 heterocycles. The number of hydrogen-bond donors (Lipinski definition) is 1. The Bertz CT molecular complexity index is 687. The molecule has 0 spiro atoms. The molecule has 1 aliphatic heterocycles. The smallest absolute Gasteiger partial charge is 0.218 e. The number of ether oxygens (including phenoxy) is 1. The van der Waals surface area contributed by atoms with Gasteiger partial charge >= 0.3 is 0 Å². The Morgan fingerprint density at radius 2 is 1.92 bits per heavy atom. The molecule has 0 atom stereocenters. The fourth-order valence-corrected chi connectivity index (χ4v) is 2.92. The zero-order chi connectivity index (χ0) is 17.3. The highest BCUT2D eigenvalue weighted by molar-refractivity contribution is 14.0. The van der Waals surface area contributed by atoms with Crippen molar-refractivity contribution in [1.29, 1.82) is 0 Å². The lowest BCUT2D eigenvalue weighted by molar-refractivity contribution is 0.290. The number of guanidine groups is 1. The Morgan fingerprint density at radius 3 is 2.65 bits per heavy atom. The number of aliphatic imine (C=N–C) groups is 1. The second-order valence-corrected chi connectivity index (χ2v) is 6.11. The van der Waals surface area contributed by atoms with Gasteiger partial charge < -0.3 is 15.0 Å². The van der Waals surface area contributed by atoms with Gasteiger partial charge in [0, 0.05) is 31.4 Å². The highest BCUT2D eigenvalue weighted by Crippen LogP contribution is 2.18. The number of likely N-dealkylation sites (tertiary alicyclic amines) is 1. The predicted molar refractivity (Wildman–Crippen MR) is 116 cm³/mol. The van der Waals surface area contributed by atoms with Gasteiger partial charge in [-0.1, -0.05) is 36.4 Å². The molecule has 5 nitrogen and oxygen atoms in total. The minimum Gasteiger partial charge on any atom is -0.473 e. The van der Waals surface area contributed by atoms with Crippen LogP contribution in [0.2, 0.25) is 0 Å². The molecule has 1 N–H and O–H groups in total.